The van der Waals surface area contributed by atoms with Crippen LogP contribution in [0.1, 0.15) is 0 Å². The van der Waals surface area contributed by atoms with Gasteiger partial charge in [0, 0.05) is 31.0 Å². The van der Waals surface area contributed by atoms with Crippen LogP contribution < -0.4 is 9.64 Å². The zero-order valence-corrected chi connectivity index (χ0v) is 16.1. The molecule has 0 amide bonds. The summed E-state index contributed by atoms with van der Waals surface area (Å²) in [4.78, 5) is 23.1. The first-order chi connectivity index (χ1) is 14.8. The van der Waals surface area contributed by atoms with E-state index in [0.717, 1.165) is 5.52 Å². The average molecular weight is 417 g/mol. The van der Waals surface area contributed by atoms with Gasteiger partial charge < -0.3 is 4.74 Å². The first kappa shape index (κ1) is 18.0. The third-order valence-electron chi connectivity index (χ3n) is 4.18. The zero-order valence-electron chi connectivity index (χ0n) is 15.3. The minimum Gasteiger partial charge on any atom is -0.423 e. The van der Waals surface area contributed by atoms with Gasteiger partial charge in [0.1, 0.15) is 11.3 Å². The molecule has 146 valence electrons. The van der Waals surface area contributed by atoms with E-state index < -0.39 is 0 Å². The third-order valence-corrected chi connectivity index (χ3v) is 4.48. The van der Waals surface area contributed by atoms with Gasteiger partial charge >= 0.3 is 6.01 Å². The Bertz CT molecular complexity index is 1300. The summed E-state index contributed by atoms with van der Waals surface area (Å²) in [6, 6.07) is 12.7. The van der Waals surface area contributed by atoms with E-state index in [9.17, 15) is 0 Å². The van der Waals surface area contributed by atoms with Gasteiger partial charge in [-0.1, -0.05) is 11.6 Å². The number of fused-ring (bicyclic) bond motifs is 1. The Kier molecular flexibility index (Phi) is 4.62. The molecule has 0 saturated carbocycles. The maximum atomic E-state index is 6.50. The predicted octanol–water partition coefficient (Wildman–Crippen LogP) is 4.45. The molecule has 10 heteroatoms. The topological polar surface area (TPSA) is 106 Å². The number of halogens is 1. The minimum absolute atomic E-state index is 0.206. The van der Waals surface area contributed by atoms with Crippen LogP contribution in [0, 0.1) is 0 Å². The van der Waals surface area contributed by atoms with Crippen molar-refractivity contribution in [3.05, 3.63) is 78.5 Å². The Morgan fingerprint density at radius 2 is 1.57 bits per heavy atom. The van der Waals surface area contributed by atoms with Gasteiger partial charge in [0.05, 0.1) is 16.2 Å². The Hall–Kier alpha value is -4.11. The molecule has 0 unspecified atom stereocenters. The second-order valence-electron chi connectivity index (χ2n) is 6.08. The molecular formula is C20H13ClN8O. The Morgan fingerprint density at radius 1 is 0.833 bits per heavy atom. The number of rotatable bonds is 5. The van der Waals surface area contributed by atoms with Gasteiger partial charge in [-0.05, 0) is 42.5 Å². The van der Waals surface area contributed by atoms with Crippen LogP contribution in [0.5, 0.6) is 11.8 Å². The molecule has 5 aromatic rings. The highest BCUT2D eigenvalue weighted by Gasteiger charge is 2.22. The van der Waals surface area contributed by atoms with E-state index in [1.807, 2.05) is 18.2 Å². The zero-order chi connectivity index (χ0) is 20.3. The molecule has 0 saturated heterocycles. The molecule has 4 aromatic heterocycles. The predicted molar refractivity (Wildman–Crippen MR) is 111 cm³/mol. The SMILES string of the molecule is Clc1cc(N(c2ncccn2)c2n[nH]c3cccnc23)ccc1Oc1ncccn1. The summed E-state index contributed by atoms with van der Waals surface area (Å²) in [5, 5.41) is 7.78. The van der Waals surface area contributed by atoms with E-state index in [-0.39, 0.29) is 6.01 Å². The highest BCUT2D eigenvalue weighted by molar-refractivity contribution is 6.32. The summed E-state index contributed by atoms with van der Waals surface area (Å²) in [7, 11) is 0. The molecule has 0 spiro atoms. The van der Waals surface area contributed by atoms with Crippen LogP contribution in [-0.4, -0.2) is 35.1 Å². The van der Waals surface area contributed by atoms with Crippen molar-refractivity contribution in [3.8, 4) is 11.8 Å². The van der Waals surface area contributed by atoms with Gasteiger partial charge in [0.2, 0.25) is 5.95 Å². The van der Waals surface area contributed by atoms with Crippen LogP contribution in [0.2, 0.25) is 5.02 Å². The molecule has 5 rings (SSSR count). The summed E-state index contributed by atoms with van der Waals surface area (Å²) in [5.41, 5.74) is 2.16. The molecule has 0 aliphatic carbocycles. The van der Waals surface area contributed by atoms with Crippen molar-refractivity contribution in [1.29, 1.82) is 0 Å². The maximum absolute atomic E-state index is 6.50. The van der Waals surface area contributed by atoms with Gasteiger partial charge in [0.25, 0.3) is 0 Å². The van der Waals surface area contributed by atoms with Crippen molar-refractivity contribution in [2.75, 3.05) is 4.90 Å². The largest absolute Gasteiger partial charge is 0.423 e. The lowest BCUT2D eigenvalue weighted by atomic mass is 10.2. The maximum Gasteiger partial charge on any atom is 0.321 e. The highest BCUT2D eigenvalue weighted by atomic mass is 35.5. The number of nitrogens with zero attached hydrogens (tertiary/aromatic N) is 7. The quantitative estimate of drug-likeness (QED) is 0.447. The number of anilines is 3. The van der Waals surface area contributed by atoms with E-state index in [2.05, 4.69) is 35.1 Å². The summed E-state index contributed by atoms with van der Waals surface area (Å²) >= 11 is 6.50. The molecule has 1 aromatic carbocycles. The second kappa shape index (κ2) is 7.72. The molecule has 0 aliphatic rings. The molecule has 9 nitrogen and oxygen atoms in total. The van der Waals surface area contributed by atoms with E-state index >= 15 is 0 Å². The molecule has 0 fully saturated rings. The number of pyridine rings is 1. The standard InChI is InChI=1S/C20H13ClN8O/c21-14-12-13(5-6-16(14)30-20-25-10-3-11-26-20)29(19-23-8-2-9-24-19)18-17-15(27-28-18)4-1-7-22-17/h1-12H,(H,27,28). The van der Waals surface area contributed by atoms with Crippen molar-refractivity contribution in [2.45, 2.75) is 0 Å². The lowest BCUT2D eigenvalue weighted by molar-refractivity contribution is 0.442. The number of ether oxygens (including phenoxy) is 1. The molecule has 0 bridgehead atoms. The van der Waals surface area contributed by atoms with E-state index in [4.69, 9.17) is 16.3 Å². The lowest BCUT2D eigenvalue weighted by Crippen LogP contribution is -2.14. The van der Waals surface area contributed by atoms with Crippen molar-refractivity contribution < 1.29 is 4.74 Å². The molecule has 4 heterocycles. The van der Waals surface area contributed by atoms with Crippen molar-refractivity contribution in [3.63, 3.8) is 0 Å². The summed E-state index contributed by atoms with van der Waals surface area (Å²) in [6.07, 6.45) is 8.20. The molecular weight excluding hydrogens is 404 g/mol. The van der Waals surface area contributed by atoms with Crippen molar-refractivity contribution in [2.24, 2.45) is 0 Å². The number of nitrogens with one attached hydrogen (secondary N) is 1. The number of aromatic amines is 1. The number of aromatic nitrogens is 7. The number of hydrogen-bond acceptors (Lipinski definition) is 8. The smallest absolute Gasteiger partial charge is 0.321 e. The van der Waals surface area contributed by atoms with Crippen LogP contribution in [-0.2, 0) is 0 Å². The van der Waals surface area contributed by atoms with Crippen LogP contribution >= 0.6 is 11.6 Å². The van der Waals surface area contributed by atoms with E-state index in [1.54, 1.807) is 60.1 Å². The summed E-state index contributed by atoms with van der Waals surface area (Å²) in [5.74, 6) is 1.39. The Labute approximate surface area is 175 Å². The fourth-order valence-electron chi connectivity index (χ4n) is 2.88. The molecule has 30 heavy (non-hydrogen) atoms. The molecule has 1 N–H and O–H groups in total. The fourth-order valence-corrected chi connectivity index (χ4v) is 3.10. The van der Waals surface area contributed by atoms with Gasteiger partial charge in [-0.3, -0.25) is 15.0 Å². The normalized spacial score (nSPS) is 10.8. The van der Waals surface area contributed by atoms with Crippen LogP contribution in [0.4, 0.5) is 17.5 Å². The minimum atomic E-state index is 0.206. The van der Waals surface area contributed by atoms with Crippen LogP contribution in [0.25, 0.3) is 11.0 Å². The van der Waals surface area contributed by atoms with Crippen LogP contribution in [0.15, 0.2) is 73.4 Å². The second-order valence-corrected chi connectivity index (χ2v) is 6.49. The lowest BCUT2D eigenvalue weighted by Gasteiger charge is -2.21. The van der Waals surface area contributed by atoms with Gasteiger partial charge in [-0.2, -0.15) is 5.10 Å². The number of benzene rings is 1. The Morgan fingerprint density at radius 3 is 2.33 bits per heavy atom. The summed E-state index contributed by atoms with van der Waals surface area (Å²) in [6.45, 7) is 0. The van der Waals surface area contributed by atoms with Crippen molar-refractivity contribution in [1.82, 2.24) is 35.1 Å². The fraction of sp³-hybridized carbons (Fsp3) is 0. The van der Waals surface area contributed by atoms with Crippen LogP contribution in [0.3, 0.4) is 0 Å². The molecule has 0 aliphatic heterocycles. The summed E-state index contributed by atoms with van der Waals surface area (Å²) < 4.78 is 5.67. The van der Waals surface area contributed by atoms with Gasteiger partial charge in [-0.25, -0.2) is 19.9 Å². The third kappa shape index (κ3) is 3.38. The Balaban J connectivity index is 1.59. The molecule has 0 radical (unpaired) electrons. The number of hydrogen-bond donors (Lipinski definition) is 1. The average Bonchev–Trinajstić information content (AvgIpc) is 3.21. The molecule has 0 atom stereocenters. The number of H-pyrrole nitrogens is 1. The first-order valence-electron chi connectivity index (χ1n) is 8.90. The first-order valence-corrected chi connectivity index (χ1v) is 9.28. The highest BCUT2D eigenvalue weighted by Crippen LogP contribution is 2.38. The van der Waals surface area contributed by atoms with Gasteiger partial charge in [-0.15, -0.1) is 0 Å². The van der Waals surface area contributed by atoms with E-state index in [0.29, 0.717) is 33.7 Å². The van der Waals surface area contributed by atoms with Gasteiger partial charge in [0.15, 0.2) is 5.82 Å². The monoisotopic (exact) mass is 416 g/mol. The van der Waals surface area contributed by atoms with Crippen molar-refractivity contribution >= 4 is 40.1 Å². The van der Waals surface area contributed by atoms with E-state index in [1.165, 1.54) is 0 Å².